The fraction of sp³-hybridized carbons (Fsp3) is 0.520. The zero-order chi connectivity index (χ0) is 18.5. The Labute approximate surface area is 163 Å². The number of aromatic nitrogens is 1. The van der Waals surface area contributed by atoms with E-state index in [0.29, 0.717) is 12.0 Å². The molecule has 0 amide bonds. The minimum atomic E-state index is 0.564. The van der Waals surface area contributed by atoms with E-state index in [2.05, 4.69) is 66.8 Å². The Morgan fingerprint density at radius 1 is 1.26 bits per heavy atom. The third-order valence-electron chi connectivity index (χ3n) is 6.99. The highest BCUT2D eigenvalue weighted by atomic mass is 15.2. The molecule has 27 heavy (non-hydrogen) atoms. The molecule has 2 bridgehead atoms. The summed E-state index contributed by atoms with van der Waals surface area (Å²) in [6.45, 7) is 6.96. The lowest BCUT2D eigenvalue weighted by Crippen LogP contribution is -2.40. The van der Waals surface area contributed by atoms with Gasteiger partial charge in [0.1, 0.15) is 0 Å². The molecule has 142 valence electrons. The van der Waals surface area contributed by atoms with E-state index in [1.807, 2.05) is 0 Å². The molecule has 3 unspecified atom stereocenters. The quantitative estimate of drug-likeness (QED) is 0.640. The average molecular weight is 361 g/mol. The van der Waals surface area contributed by atoms with Crippen LogP contribution in [0.25, 0.3) is 10.9 Å². The van der Waals surface area contributed by atoms with Crippen LogP contribution in [-0.2, 0) is 6.54 Å². The highest BCUT2D eigenvalue weighted by Crippen LogP contribution is 2.50. The topological polar surface area (TPSA) is 8.17 Å². The summed E-state index contributed by atoms with van der Waals surface area (Å²) >= 11 is 0. The first-order chi connectivity index (χ1) is 13.1. The Hall–Kier alpha value is -1.80. The molecular weight excluding hydrogens is 328 g/mol. The van der Waals surface area contributed by atoms with Gasteiger partial charge in [-0.05, 0) is 75.6 Å². The summed E-state index contributed by atoms with van der Waals surface area (Å²) in [4.78, 5) is 2.60. The number of benzene rings is 1. The zero-order valence-corrected chi connectivity index (χ0v) is 17.0. The third-order valence-corrected chi connectivity index (χ3v) is 6.99. The first-order valence-electron chi connectivity index (χ1n) is 10.8. The smallest absolute Gasteiger partial charge is 0.0501 e. The van der Waals surface area contributed by atoms with Gasteiger partial charge in [-0.1, -0.05) is 42.4 Å². The molecule has 6 rings (SSSR count). The predicted molar refractivity (Wildman–Crippen MR) is 114 cm³/mol. The molecule has 2 aliphatic heterocycles. The highest BCUT2D eigenvalue weighted by Gasteiger charge is 2.40. The molecule has 2 aliphatic carbocycles. The highest BCUT2D eigenvalue weighted by molar-refractivity contribution is 5.87. The lowest BCUT2D eigenvalue weighted by molar-refractivity contribution is 0.138. The maximum absolute atomic E-state index is 2.69. The van der Waals surface area contributed by atoms with Gasteiger partial charge >= 0.3 is 0 Å². The lowest BCUT2D eigenvalue weighted by Gasteiger charge is -2.44. The van der Waals surface area contributed by atoms with Gasteiger partial charge in [0.05, 0.1) is 6.04 Å². The van der Waals surface area contributed by atoms with Gasteiger partial charge < -0.3 is 4.57 Å². The van der Waals surface area contributed by atoms with Crippen LogP contribution in [0.2, 0.25) is 0 Å². The van der Waals surface area contributed by atoms with Crippen molar-refractivity contribution >= 4 is 10.9 Å². The lowest BCUT2D eigenvalue weighted by atomic mass is 9.77. The van der Waals surface area contributed by atoms with Crippen molar-refractivity contribution in [1.29, 1.82) is 0 Å². The number of likely N-dealkylation sites (N-methyl/N-ethyl adjacent to an activating group) is 1. The Bertz CT molecular complexity index is 929. The summed E-state index contributed by atoms with van der Waals surface area (Å²) in [6.07, 6.45) is 13.7. The van der Waals surface area contributed by atoms with Gasteiger partial charge in [0.15, 0.2) is 0 Å². The monoisotopic (exact) mass is 360 g/mol. The average Bonchev–Trinajstić information content (AvgIpc) is 2.98. The second kappa shape index (κ2) is 6.67. The molecule has 3 heterocycles. The Kier molecular flexibility index (Phi) is 4.27. The summed E-state index contributed by atoms with van der Waals surface area (Å²) in [5.41, 5.74) is 7.70. The fourth-order valence-electron chi connectivity index (χ4n) is 5.81. The van der Waals surface area contributed by atoms with Gasteiger partial charge in [-0.15, -0.1) is 0 Å². The van der Waals surface area contributed by atoms with Crippen LogP contribution < -0.4 is 0 Å². The van der Waals surface area contributed by atoms with Gasteiger partial charge in [0.25, 0.3) is 0 Å². The second-order valence-corrected chi connectivity index (χ2v) is 9.17. The summed E-state index contributed by atoms with van der Waals surface area (Å²) in [5.74, 6) is 1.28. The van der Waals surface area contributed by atoms with Crippen molar-refractivity contribution in [2.24, 2.45) is 5.92 Å². The molecule has 1 saturated heterocycles. The van der Waals surface area contributed by atoms with Gasteiger partial charge in [-0.2, -0.15) is 0 Å². The van der Waals surface area contributed by atoms with Crippen molar-refractivity contribution in [2.75, 3.05) is 13.6 Å². The number of piperidine rings is 1. The zero-order valence-electron chi connectivity index (χ0n) is 17.0. The van der Waals surface area contributed by atoms with Crippen molar-refractivity contribution in [3.05, 3.63) is 58.8 Å². The number of hydrogen-bond acceptors (Lipinski definition) is 1. The number of allylic oxidation sites excluding steroid dienone is 4. The van der Waals surface area contributed by atoms with E-state index < -0.39 is 0 Å². The predicted octanol–water partition coefficient (Wildman–Crippen LogP) is 6.12. The standard InChI is InChI=1S/C25H32N2/c1-17-9-11-22-21(14-17)24-20-10-12-23(26(3)16-20)25(24)27(22)15-18(2)13-19-7-5-4-6-8-19/h5,7,9,11,13-14,18,20,23H,4,6,8,10,12,15-16H2,1-3H3/b19-13+. The fourth-order valence-corrected chi connectivity index (χ4v) is 5.81. The van der Waals surface area contributed by atoms with Crippen LogP contribution in [0.15, 0.2) is 42.0 Å². The van der Waals surface area contributed by atoms with Crippen molar-refractivity contribution in [1.82, 2.24) is 9.47 Å². The van der Waals surface area contributed by atoms with Gasteiger partial charge in [0.2, 0.25) is 0 Å². The molecule has 0 N–H and O–H groups in total. The first kappa shape index (κ1) is 17.3. The minimum Gasteiger partial charge on any atom is -0.342 e. The van der Waals surface area contributed by atoms with E-state index in [1.165, 1.54) is 60.7 Å². The molecule has 0 spiro atoms. The molecule has 2 aromatic rings. The van der Waals surface area contributed by atoms with Crippen LogP contribution in [0.1, 0.15) is 67.8 Å². The third kappa shape index (κ3) is 2.89. The van der Waals surface area contributed by atoms with Gasteiger partial charge in [0, 0.05) is 29.7 Å². The second-order valence-electron chi connectivity index (χ2n) is 9.17. The Morgan fingerprint density at radius 3 is 2.93 bits per heavy atom. The van der Waals surface area contributed by atoms with Crippen molar-refractivity contribution in [3.8, 4) is 0 Å². The molecule has 1 fully saturated rings. The van der Waals surface area contributed by atoms with Crippen LogP contribution in [-0.4, -0.2) is 23.1 Å². The van der Waals surface area contributed by atoms with E-state index in [-0.39, 0.29) is 0 Å². The number of hydrogen-bond donors (Lipinski definition) is 0. The van der Waals surface area contributed by atoms with Gasteiger partial charge in [-0.3, -0.25) is 4.90 Å². The summed E-state index contributed by atoms with van der Waals surface area (Å²) < 4.78 is 2.69. The minimum absolute atomic E-state index is 0.564. The summed E-state index contributed by atoms with van der Waals surface area (Å²) in [7, 11) is 2.32. The van der Waals surface area contributed by atoms with Crippen LogP contribution in [0.3, 0.4) is 0 Å². The number of nitrogens with zero attached hydrogens (tertiary/aromatic N) is 2. The number of fused-ring (bicyclic) bond motifs is 3. The van der Waals surface area contributed by atoms with Crippen LogP contribution in [0.4, 0.5) is 0 Å². The summed E-state index contributed by atoms with van der Waals surface area (Å²) in [6, 6.07) is 7.72. The maximum atomic E-state index is 2.69. The number of rotatable bonds is 3. The molecule has 1 aromatic heterocycles. The molecule has 1 aromatic carbocycles. The molecule has 4 aliphatic rings. The Morgan fingerprint density at radius 2 is 2.15 bits per heavy atom. The van der Waals surface area contributed by atoms with Crippen LogP contribution in [0, 0.1) is 12.8 Å². The normalized spacial score (nSPS) is 27.4. The first-order valence-corrected chi connectivity index (χ1v) is 10.8. The van der Waals surface area contributed by atoms with Crippen LogP contribution in [0.5, 0.6) is 0 Å². The van der Waals surface area contributed by atoms with E-state index in [9.17, 15) is 0 Å². The Balaban J connectivity index is 1.60. The summed E-state index contributed by atoms with van der Waals surface area (Å²) in [5, 5.41) is 1.53. The van der Waals surface area contributed by atoms with E-state index in [0.717, 1.165) is 12.5 Å². The van der Waals surface area contributed by atoms with Crippen molar-refractivity contribution < 1.29 is 0 Å². The molecule has 0 saturated carbocycles. The maximum Gasteiger partial charge on any atom is 0.0501 e. The van der Waals surface area contributed by atoms with Gasteiger partial charge in [-0.25, -0.2) is 0 Å². The van der Waals surface area contributed by atoms with E-state index in [1.54, 1.807) is 11.3 Å². The van der Waals surface area contributed by atoms with Crippen LogP contribution >= 0.6 is 0 Å². The molecule has 3 atom stereocenters. The van der Waals surface area contributed by atoms with Crippen molar-refractivity contribution in [3.63, 3.8) is 0 Å². The largest absolute Gasteiger partial charge is 0.342 e. The van der Waals surface area contributed by atoms with E-state index >= 15 is 0 Å². The molecule has 2 heteroatoms. The van der Waals surface area contributed by atoms with E-state index in [4.69, 9.17) is 0 Å². The molecular formula is C25H32N2. The van der Waals surface area contributed by atoms with Crippen molar-refractivity contribution in [2.45, 2.75) is 64.5 Å². The molecule has 2 nitrogen and oxygen atoms in total. The molecule has 0 radical (unpaired) electrons. The SMILES string of the molecule is Cc1ccc2c(c1)c1c(n2CC(C)/C=C2\C=CCCC2)C2CCC1CN2C. The number of aryl methyl sites for hydroxylation is 1.